The van der Waals surface area contributed by atoms with Crippen LogP contribution in [0.5, 0.6) is 0 Å². The summed E-state index contributed by atoms with van der Waals surface area (Å²) in [5, 5.41) is 0. The van der Waals surface area contributed by atoms with E-state index in [2.05, 4.69) is 16.9 Å². The largest absolute Gasteiger partial charge is 0.447 e. The zero-order valence-corrected chi connectivity index (χ0v) is 15.7. The maximum absolute atomic E-state index is 12.6. The summed E-state index contributed by atoms with van der Waals surface area (Å²) in [6, 6.07) is 8.25. The lowest BCUT2D eigenvalue weighted by molar-refractivity contribution is -0.132. The zero-order chi connectivity index (χ0) is 18.8. The van der Waals surface area contributed by atoms with E-state index in [1.54, 1.807) is 0 Å². The maximum Gasteiger partial charge on any atom is 0.410 e. The number of nitrogens with zero attached hydrogens (tertiary/aromatic N) is 3. The van der Waals surface area contributed by atoms with E-state index < -0.39 is 0 Å². The van der Waals surface area contributed by atoms with E-state index in [-0.39, 0.29) is 24.1 Å². The van der Waals surface area contributed by atoms with E-state index in [4.69, 9.17) is 4.74 Å². The molecule has 1 atom stereocenters. The summed E-state index contributed by atoms with van der Waals surface area (Å²) in [5.41, 5.74) is 1.94. The number of ether oxygens (including phenoxy) is 1. The average Bonchev–Trinajstić information content (AvgIpc) is 3.28. The van der Waals surface area contributed by atoms with Gasteiger partial charge >= 0.3 is 6.09 Å². The number of H-pyrrole nitrogens is 1. The van der Waals surface area contributed by atoms with Gasteiger partial charge in [-0.3, -0.25) is 9.69 Å². The van der Waals surface area contributed by atoms with Crippen molar-refractivity contribution in [3.63, 3.8) is 0 Å². The molecule has 4 rings (SSSR count). The quantitative estimate of drug-likeness (QED) is 0.878. The Bertz CT molecular complexity index is 792. The molecule has 2 aliphatic rings. The van der Waals surface area contributed by atoms with Gasteiger partial charge in [-0.15, -0.1) is 0 Å². The van der Waals surface area contributed by atoms with Crippen LogP contribution in [0.4, 0.5) is 4.79 Å². The third kappa shape index (κ3) is 3.63. The molecule has 0 radical (unpaired) electrons. The van der Waals surface area contributed by atoms with Crippen molar-refractivity contribution in [3.8, 4) is 0 Å². The minimum Gasteiger partial charge on any atom is -0.447 e. The van der Waals surface area contributed by atoms with E-state index >= 15 is 0 Å². The fourth-order valence-corrected chi connectivity index (χ4v) is 4.13. The number of benzene rings is 1. The van der Waals surface area contributed by atoms with Crippen molar-refractivity contribution >= 4 is 23.0 Å². The van der Waals surface area contributed by atoms with Gasteiger partial charge in [-0.1, -0.05) is 19.1 Å². The van der Waals surface area contributed by atoms with Gasteiger partial charge in [0, 0.05) is 32.0 Å². The van der Waals surface area contributed by atoms with Gasteiger partial charge in [-0.05, 0) is 31.4 Å². The number of nitrogens with one attached hydrogen (secondary N) is 1. The molecule has 27 heavy (non-hydrogen) atoms. The number of hydrogen-bond acceptors (Lipinski definition) is 4. The van der Waals surface area contributed by atoms with Crippen LogP contribution in [-0.4, -0.2) is 63.5 Å². The molecule has 1 N–H and O–H groups in total. The summed E-state index contributed by atoms with van der Waals surface area (Å²) < 4.78 is 5.21. The van der Waals surface area contributed by atoms with E-state index in [1.165, 1.54) is 0 Å². The number of imidazole rings is 1. The van der Waals surface area contributed by atoms with Crippen molar-refractivity contribution < 1.29 is 14.3 Å². The predicted molar refractivity (Wildman–Crippen MR) is 101 cm³/mol. The summed E-state index contributed by atoms with van der Waals surface area (Å²) in [6.45, 7) is 3.97. The number of carbonyl (C=O) groups excluding carboxylic acids is 2. The third-order valence-corrected chi connectivity index (χ3v) is 5.70. The Morgan fingerprint density at radius 2 is 2.07 bits per heavy atom. The first-order chi connectivity index (χ1) is 13.2. The molecule has 1 aromatic heterocycles. The lowest BCUT2D eigenvalue weighted by Gasteiger charge is -2.37. The molecule has 2 amide bonds. The van der Waals surface area contributed by atoms with Gasteiger partial charge in [-0.2, -0.15) is 0 Å². The molecule has 0 spiro atoms. The van der Waals surface area contributed by atoms with Crippen LogP contribution in [0.15, 0.2) is 24.3 Å². The van der Waals surface area contributed by atoms with Crippen LogP contribution in [0.1, 0.15) is 38.4 Å². The molecular weight excluding hydrogens is 344 g/mol. The van der Waals surface area contributed by atoms with Gasteiger partial charge < -0.3 is 14.6 Å². The second-order valence-corrected chi connectivity index (χ2v) is 7.36. The van der Waals surface area contributed by atoms with Gasteiger partial charge in [0.2, 0.25) is 5.91 Å². The van der Waals surface area contributed by atoms with Crippen molar-refractivity contribution in [3.05, 3.63) is 30.1 Å². The Kier molecular flexibility index (Phi) is 5.01. The first kappa shape index (κ1) is 17.8. The Morgan fingerprint density at radius 3 is 2.81 bits per heavy atom. The number of likely N-dealkylation sites (tertiary alicyclic amines) is 1. The monoisotopic (exact) mass is 370 g/mol. The first-order valence-corrected chi connectivity index (χ1v) is 9.82. The van der Waals surface area contributed by atoms with Crippen molar-refractivity contribution in [2.45, 2.75) is 51.1 Å². The fourth-order valence-electron chi connectivity index (χ4n) is 4.13. The van der Waals surface area contributed by atoms with E-state index in [9.17, 15) is 9.59 Å². The fraction of sp³-hybridized carbons (Fsp3) is 0.550. The first-order valence-electron chi connectivity index (χ1n) is 9.82. The standard InChI is InChI=1S/C20H26N4O3/c1-2-14-13-27-20(26)24(14)15-9-11-23(12-10-15)19(25)8-7-18-21-16-5-3-4-6-17(16)22-18/h3-6,14-15H,2,7-13H2,1H3,(H,21,22). The molecule has 2 aromatic rings. The maximum atomic E-state index is 12.6. The van der Waals surface area contributed by atoms with Crippen LogP contribution in [0.2, 0.25) is 0 Å². The molecule has 0 bridgehead atoms. The van der Waals surface area contributed by atoms with E-state index in [0.29, 0.717) is 32.5 Å². The SMILES string of the molecule is CCC1COC(=O)N1C1CCN(C(=O)CCc2nc3ccccc3[nH]2)CC1. The Labute approximate surface area is 158 Å². The van der Waals surface area contributed by atoms with Crippen LogP contribution < -0.4 is 0 Å². The molecule has 0 saturated carbocycles. The number of aromatic amines is 1. The second kappa shape index (κ2) is 7.58. The van der Waals surface area contributed by atoms with Crippen LogP contribution in [0, 0.1) is 0 Å². The molecule has 2 aliphatic heterocycles. The summed E-state index contributed by atoms with van der Waals surface area (Å²) in [4.78, 5) is 36.2. The molecule has 2 fully saturated rings. The van der Waals surface area contributed by atoms with E-state index in [0.717, 1.165) is 36.1 Å². The minimum absolute atomic E-state index is 0.157. The number of rotatable bonds is 5. The number of para-hydroxylation sites is 2. The highest BCUT2D eigenvalue weighted by molar-refractivity contribution is 5.77. The lowest BCUT2D eigenvalue weighted by Crippen LogP contribution is -2.49. The van der Waals surface area contributed by atoms with Gasteiger partial charge in [0.05, 0.1) is 17.1 Å². The normalized spacial score (nSPS) is 21.1. The van der Waals surface area contributed by atoms with Crippen LogP contribution >= 0.6 is 0 Å². The molecule has 0 aliphatic carbocycles. The highest BCUT2D eigenvalue weighted by atomic mass is 16.6. The number of fused-ring (bicyclic) bond motifs is 1. The van der Waals surface area contributed by atoms with Gasteiger partial charge in [0.15, 0.2) is 0 Å². The molecular formula is C20H26N4O3. The molecule has 144 valence electrons. The molecule has 7 heteroatoms. The van der Waals surface area contributed by atoms with Crippen LogP contribution in [-0.2, 0) is 16.0 Å². The molecule has 2 saturated heterocycles. The summed E-state index contributed by atoms with van der Waals surface area (Å²) >= 11 is 0. The summed E-state index contributed by atoms with van der Waals surface area (Å²) in [5.74, 6) is 1.01. The van der Waals surface area contributed by atoms with Crippen molar-refractivity contribution in [2.24, 2.45) is 0 Å². The smallest absolute Gasteiger partial charge is 0.410 e. The van der Waals surface area contributed by atoms with Crippen LogP contribution in [0.25, 0.3) is 11.0 Å². The zero-order valence-electron chi connectivity index (χ0n) is 15.7. The van der Waals surface area contributed by atoms with Crippen molar-refractivity contribution in [2.75, 3.05) is 19.7 Å². The molecule has 3 heterocycles. The lowest BCUT2D eigenvalue weighted by atomic mass is 10.0. The third-order valence-electron chi connectivity index (χ3n) is 5.70. The molecule has 7 nitrogen and oxygen atoms in total. The Morgan fingerprint density at radius 1 is 1.30 bits per heavy atom. The number of aryl methyl sites for hydroxylation is 1. The minimum atomic E-state index is -0.198. The summed E-state index contributed by atoms with van der Waals surface area (Å²) in [6.07, 6.45) is 3.42. The van der Waals surface area contributed by atoms with Crippen molar-refractivity contribution in [1.82, 2.24) is 19.8 Å². The van der Waals surface area contributed by atoms with Crippen LogP contribution in [0.3, 0.4) is 0 Å². The highest BCUT2D eigenvalue weighted by Crippen LogP contribution is 2.25. The Balaban J connectivity index is 1.29. The summed E-state index contributed by atoms with van der Waals surface area (Å²) in [7, 11) is 0. The van der Waals surface area contributed by atoms with Gasteiger partial charge in [0.25, 0.3) is 0 Å². The van der Waals surface area contributed by atoms with Crippen molar-refractivity contribution in [1.29, 1.82) is 0 Å². The van der Waals surface area contributed by atoms with E-state index in [1.807, 2.05) is 34.1 Å². The molecule has 1 unspecified atom stereocenters. The van der Waals surface area contributed by atoms with Gasteiger partial charge in [-0.25, -0.2) is 9.78 Å². The average molecular weight is 370 g/mol. The number of hydrogen-bond donors (Lipinski definition) is 1. The topological polar surface area (TPSA) is 78.5 Å². The number of aromatic nitrogens is 2. The number of amides is 2. The molecule has 1 aromatic carbocycles. The number of cyclic esters (lactones) is 1. The predicted octanol–water partition coefficient (Wildman–Crippen LogP) is 2.72. The highest BCUT2D eigenvalue weighted by Gasteiger charge is 2.38. The number of carbonyl (C=O) groups is 2. The Hall–Kier alpha value is -2.57. The number of piperidine rings is 1. The second-order valence-electron chi connectivity index (χ2n) is 7.36. The van der Waals surface area contributed by atoms with Gasteiger partial charge in [0.1, 0.15) is 12.4 Å².